The Kier molecular flexibility index (Phi) is 7.72. The van der Waals surface area contributed by atoms with Crippen LogP contribution in [0.4, 0.5) is 0 Å². The van der Waals surface area contributed by atoms with Crippen molar-refractivity contribution in [3.05, 3.63) is 0 Å². The Labute approximate surface area is 104 Å². The van der Waals surface area contributed by atoms with Crippen molar-refractivity contribution in [2.75, 3.05) is 27.2 Å². The number of methoxy groups -OCH3 is 1. The van der Waals surface area contributed by atoms with Gasteiger partial charge in [0.2, 0.25) is 0 Å². The number of likely N-dealkylation sites (N-methyl/N-ethyl adjacent to an activating group) is 1. The maximum Gasteiger partial charge on any atom is 0.252 e. The molecule has 0 aromatic rings. The van der Waals surface area contributed by atoms with E-state index in [1.165, 1.54) is 32.8 Å². The van der Waals surface area contributed by atoms with Gasteiger partial charge < -0.3 is 15.4 Å². The molecule has 1 aliphatic rings. The molecule has 1 unspecified atom stereocenters. The summed E-state index contributed by atoms with van der Waals surface area (Å²) in [7, 11) is 3.36. The Morgan fingerprint density at radius 1 is 1.50 bits per heavy atom. The topological polar surface area (TPSA) is 55.6 Å². The second kappa shape index (κ2) is 7.87. The molecule has 2 N–H and O–H groups in total. The molecular formula is C11H23ClN2O2. The third-order valence-electron chi connectivity index (χ3n) is 3.16. The molecule has 0 saturated heterocycles. The molecule has 5 heteroatoms. The predicted molar refractivity (Wildman–Crippen MR) is 66.7 cm³/mol. The van der Waals surface area contributed by atoms with Gasteiger partial charge in [-0.15, -0.1) is 12.4 Å². The van der Waals surface area contributed by atoms with Crippen molar-refractivity contribution in [2.45, 2.75) is 31.8 Å². The number of amides is 1. The largest absolute Gasteiger partial charge is 0.370 e. The average Bonchev–Trinajstić information content (AvgIpc) is 2.72. The van der Waals surface area contributed by atoms with Crippen molar-refractivity contribution in [1.82, 2.24) is 4.90 Å². The van der Waals surface area contributed by atoms with Crippen LogP contribution in [-0.2, 0) is 9.53 Å². The maximum absolute atomic E-state index is 11.8. The van der Waals surface area contributed by atoms with Crippen molar-refractivity contribution in [2.24, 2.45) is 11.7 Å². The minimum atomic E-state index is -0.476. The lowest BCUT2D eigenvalue weighted by Gasteiger charge is -2.24. The molecule has 0 aromatic heterocycles. The van der Waals surface area contributed by atoms with Gasteiger partial charge in [-0.2, -0.15) is 0 Å². The first-order valence-corrected chi connectivity index (χ1v) is 5.67. The van der Waals surface area contributed by atoms with Gasteiger partial charge in [0.05, 0.1) is 0 Å². The van der Waals surface area contributed by atoms with Crippen LogP contribution in [0.3, 0.4) is 0 Å². The van der Waals surface area contributed by atoms with Crippen LogP contribution in [0.15, 0.2) is 0 Å². The summed E-state index contributed by atoms with van der Waals surface area (Å²) in [6.07, 6.45) is 4.63. The first-order valence-electron chi connectivity index (χ1n) is 5.67. The van der Waals surface area contributed by atoms with Crippen LogP contribution in [0.25, 0.3) is 0 Å². The highest BCUT2D eigenvalue weighted by Crippen LogP contribution is 2.25. The van der Waals surface area contributed by atoms with E-state index < -0.39 is 6.10 Å². The van der Waals surface area contributed by atoms with Gasteiger partial charge in [-0.05, 0) is 18.8 Å². The lowest BCUT2D eigenvalue weighted by molar-refractivity contribution is -0.140. The van der Waals surface area contributed by atoms with Crippen LogP contribution in [0.5, 0.6) is 0 Å². The summed E-state index contributed by atoms with van der Waals surface area (Å²) in [5.41, 5.74) is 5.46. The molecule has 1 rings (SSSR count). The molecule has 0 radical (unpaired) electrons. The van der Waals surface area contributed by atoms with Gasteiger partial charge in [0.1, 0.15) is 6.10 Å². The van der Waals surface area contributed by atoms with Gasteiger partial charge in [-0.25, -0.2) is 0 Å². The number of carbonyl (C=O) groups is 1. The van der Waals surface area contributed by atoms with Gasteiger partial charge in [-0.1, -0.05) is 12.8 Å². The third kappa shape index (κ3) is 4.28. The number of carbonyl (C=O) groups excluding carboxylic acids is 1. The Morgan fingerprint density at radius 2 is 2.06 bits per heavy atom. The number of halogens is 1. The zero-order valence-electron chi connectivity index (χ0n) is 10.1. The highest BCUT2D eigenvalue weighted by Gasteiger charge is 2.23. The van der Waals surface area contributed by atoms with Gasteiger partial charge >= 0.3 is 0 Å². The molecule has 0 spiro atoms. The van der Waals surface area contributed by atoms with Gasteiger partial charge in [-0.3, -0.25) is 4.79 Å². The van der Waals surface area contributed by atoms with Crippen molar-refractivity contribution in [3.8, 4) is 0 Å². The van der Waals surface area contributed by atoms with Crippen LogP contribution < -0.4 is 5.73 Å². The van der Waals surface area contributed by atoms with Crippen LogP contribution >= 0.6 is 12.4 Å². The average molecular weight is 251 g/mol. The molecule has 16 heavy (non-hydrogen) atoms. The third-order valence-corrected chi connectivity index (χ3v) is 3.16. The van der Waals surface area contributed by atoms with E-state index in [0.29, 0.717) is 5.92 Å². The molecule has 4 nitrogen and oxygen atoms in total. The Morgan fingerprint density at radius 3 is 2.50 bits per heavy atom. The molecule has 0 heterocycles. The molecular weight excluding hydrogens is 228 g/mol. The fourth-order valence-corrected chi connectivity index (χ4v) is 2.21. The van der Waals surface area contributed by atoms with Gasteiger partial charge in [0, 0.05) is 27.2 Å². The number of nitrogens with zero attached hydrogens (tertiary/aromatic N) is 1. The van der Waals surface area contributed by atoms with E-state index in [9.17, 15) is 4.79 Å². The fraction of sp³-hybridized carbons (Fsp3) is 0.909. The Bertz CT molecular complexity index is 204. The van der Waals surface area contributed by atoms with Crippen LogP contribution in [0, 0.1) is 5.92 Å². The van der Waals surface area contributed by atoms with Crippen molar-refractivity contribution < 1.29 is 9.53 Å². The summed E-state index contributed by atoms with van der Waals surface area (Å²) in [5, 5.41) is 0. The second-order valence-electron chi connectivity index (χ2n) is 4.33. The van der Waals surface area contributed by atoms with Gasteiger partial charge in [0.15, 0.2) is 0 Å². The minimum absolute atomic E-state index is 0. The van der Waals surface area contributed by atoms with E-state index >= 15 is 0 Å². The number of ether oxygens (including phenoxy) is 1. The van der Waals surface area contributed by atoms with E-state index in [1.54, 1.807) is 4.90 Å². The molecule has 1 aliphatic carbocycles. The molecule has 1 saturated carbocycles. The normalized spacial score (nSPS) is 17.9. The lowest BCUT2D eigenvalue weighted by Crippen LogP contribution is -2.43. The molecule has 1 atom stereocenters. The van der Waals surface area contributed by atoms with Crippen LogP contribution in [-0.4, -0.2) is 44.2 Å². The molecule has 96 valence electrons. The molecule has 0 aromatic carbocycles. The van der Waals surface area contributed by atoms with Crippen molar-refractivity contribution >= 4 is 18.3 Å². The SMILES string of the molecule is COC(CN)C(=O)N(C)CC1CCCC1.Cl. The second-order valence-corrected chi connectivity index (χ2v) is 4.33. The van der Waals surface area contributed by atoms with Gasteiger partial charge in [0.25, 0.3) is 5.91 Å². The highest BCUT2D eigenvalue weighted by molar-refractivity contribution is 5.85. The highest BCUT2D eigenvalue weighted by atomic mass is 35.5. The molecule has 0 aliphatic heterocycles. The number of rotatable bonds is 5. The van der Waals surface area contributed by atoms with E-state index in [-0.39, 0.29) is 24.9 Å². The Hall–Kier alpha value is -0.320. The van der Waals surface area contributed by atoms with E-state index in [2.05, 4.69) is 0 Å². The van der Waals surface area contributed by atoms with Crippen LogP contribution in [0.1, 0.15) is 25.7 Å². The number of nitrogens with two attached hydrogens (primary N) is 1. The first-order chi connectivity index (χ1) is 7.19. The van der Waals surface area contributed by atoms with Crippen LogP contribution in [0.2, 0.25) is 0 Å². The first kappa shape index (κ1) is 15.7. The number of hydrogen-bond donors (Lipinski definition) is 1. The maximum atomic E-state index is 11.8. The zero-order chi connectivity index (χ0) is 11.3. The van der Waals surface area contributed by atoms with Crippen molar-refractivity contribution in [1.29, 1.82) is 0 Å². The number of hydrogen-bond acceptors (Lipinski definition) is 3. The summed E-state index contributed by atoms with van der Waals surface area (Å²) < 4.78 is 5.03. The van der Waals surface area contributed by atoms with E-state index in [0.717, 1.165) is 6.54 Å². The molecule has 0 bridgehead atoms. The lowest BCUT2D eigenvalue weighted by atomic mass is 10.1. The quantitative estimate of drug-likeness (QED) is 0.793. The molecule has 1 amide bonds. The summed E-state index contributed by atoms with van der Waals surface area (Å²) in [6, 6.07) is 0. The smallest absolute Gasteiger partial charge is 0.252 e. The summed E-state index contributed by atoms with van der Waals surface area (Å²) in [4.78, 5) is 13.6. The summed E-state index contributed by atoms with van der Waals surface area (Å²) in [5.74, 6) is 0.682. The standard InChI is InChI=1S/C11H22N2O2.ClH/c1-13(8-9-5-3-4-6-9)11(14)10(7-12)15-2;/h9-10H,3-8,12H2,1-2H3;1H. The zero-order valence-corrected chi connectivity index (χ0v) is 11.0. The fourth-order valence-electron chi connectivity index (χ4n) is 2.21. The summed E-state index contributed by atoms with van der Waals surface area (Å²) in [6.45, 7) is 1.10. The Balaban J connectivity index is 0.00000225. The van der Waals surface area contributed by atoms with Crippen molar-refractivity contribution in [3.63, 3.8) is 0 Å². The summed E-state index contributed by atoms with van der Waals surface area (Å²) >= 11 is 0. The minimum Gasteiger partial charge on any atom is -0.370 e. The predicted octanol–water partition coefficient (Wildman–Crippen LogP) is 1.03. The van der Waals surface area contributed by atoms with E-state index in [4.69, 9.17) is 10.5 Å². The monoisotopic (exact) mass is 250 g/mol. The molecule has 1 fully saturated rings. The van der Waals surface area contributed by atoms with E-state index in [1.807, 2.05) is 7.05 Å².